The predicted octanol–water partition coefficient (Wildman–Crippen LogP) is 2.40. The summed E-state index contributed by atoms with van der Waals surface area (Å²) in [5, 5.41) is 20.1. The first-order valence-electron chi connectivity index (χ1n) is 6.62. The number of nitro groups is 1. The molecule has 0 bridgehead atoms. The minimum absolute atomic E-state index is 0.0686. The fourth-order valence-corrected chi connectivity index (χ4v) is 2.04. The van der Waals surface area contributed by atoms with Crippen LogP contribution in [-0.2, 0) is 4.74 Å². The van der Waals surface area contributed by atoms with Crippen molar-refractivity contribution in [2.75, 3.05) is 31.7 Å². The Morgan fingerprint density at radius 3 is 2.62 bits per heavy atom. The van der Waals surface area contributed by atoms with E-state index in [4.69, 9.17) is 4.74 Å². The maximum absolute atomic E-state index is 11.4. The van der Waals surface area contributed by atoms with Gasteiger partial charge in [0.1, 0.15) is 0 Å². The summed E-state index contributed by atoms with van der Waals surface area (Å²) in [5.41, 5.74) is 0.173. The molecule has 1 aromatic carbocycles. The maximum Gasteiger partial charge on any atom is 0.338 e. The highest BCUT2D eigenvalue weighted by molar-refractivity contribution is 5.95. The van der Waals surface area contributed by atoms with Crippen LogP contribution in [0.2, 0.25) is 0 Å². The van der Waals surface area contributed by atoms with Crippen LogP contribution in [0.1, 0.15) is 24.2 Å². The molecule has 0 aliphatic carbocycles. The molecule has 0 heterocycles. The van der Waals surface area contributed by atoms with Crippen LogP contribution in [0.3, 0.4) is 0 Å². The monoisotopic (exact) mass is 296 g/mol. The van der Waals surface area contributed by atoms with Gasteiger partial charge in [-0.25, -0.2) is 4.79 Å². The van der Waals surface area contributed by atoms with E-state index in [1.54, 1.807) is 7.11 Å². The van der Waals surface area contributed by atoms with Gasteiger partial charge in [-0.2, -0.15) is 0 Å². The minimum Gasteiger partial charge on any atom is -0.478 e. The molecule has 116 valence electrons. The number of nitrogens with zero attached hydrogens (tertiary/aromatic N) is 2. The maximum atomic E-state index is 11.4. The van der Waals surface area contributed by atoms with E-state index in [-0.39, 0.29) is 11.3 Å². The van der Waals surface area contributed by atoms with Gasteiger partial charge in [0.05, 0.1) is 22.8 Å². The Balaban J connectivity index is 3.21. The van der Waals surface area contributed by atoms with Crippen molar-refractivity contribution in [2.45, 2.75) is 13.8 Å². The molecule has 0 fully saturated rings. The molecule has 0 atom stereocenters. The zero-order valence-electron chi connectivity index (χ0n) is 12.4. The molecule has 0 amide bonds. The van der Waals surface area contributed by atoms with Crippen LogP contribution in [0.5, 0.6) is 0 Å². The van der Waals surface area contributed by atoms with Crippen LogP contribution in [0, 0.1) is 16.0 Å². The number of non-ortho nitro benzene ring substituents is 1. The first-order valence-corrected chi connectivity index (χ1v) is 6.62. The van der Waals surface area contributed by atoms with E-state index in [9.17, 15) is 20.0 Å². The molecule has 1 rings (SSSR count). The first-order chi connectivity index (χ1) is 9.86. The zero-order valence-corrected chi connectivity index (χ0v) is 12.4. The van der Waals surface area contributed by atoms with Crippen LogP contribution in [0.4, 0.5) is 11.4 Å². The third kappa shape index (κ3) is 4.71. The van der Waals surface area contributed by atoms with Crippen molar-refractivity contribution < 1.29 is 19.6 Å². The van der Waals surface area contributed by atoms with Crippen molar-refractivity contribution in [3.8, 4) is 0 Å². The summed E-state index contributed by atoms with van der Waals surface area (Å²) in [7, 11) is 1.57. The van der Waals surface area contributed by atoms with Crippen molar-refractivity contribution >= 4 is 17.3 Å². The SMILES string of the molecule is COCCN(CC(C)C)c1ccc([N+](=O)[O-])cc1C(=O)O. The highest BCUT2D eigenvalue weighted by Crippen LogP contribution is 2.26. The Hall–Kier alpha value is -2.15. The van der Waals surface area contributed by atoms with Crippen molar-refractivity contribution in [1.82, 2.24) is 0 Å². The van der Waals surface area contributed by atoms with E-state index < -0.39 is 10.9 Å². The second-order valence-corrected chi connectivity index (χ2v) is 5.10. The number of hydrogen-bond donors (Lipinski definition) is 1. The Morgan fingerprint density at radius 1 is 1.48 bits per heavy atom. The molecule has 0 saturated carbocycles. The quantitative estimate of drug-likeness (QED) is 0.585. The van der Waals surface area contributed by atoms with Crippen LogP contribution < -0.4 is 4.90 Å². The van der Waals surface area contributed by atoms with E-state index in [1.807, 2.05) is 18.7 Å². The Labute approximate surface area is 123 Å². The summed E-state index contributed by atoms with van der Waals surface area (Å²) in [5.74, 6) is -0.862. The lowest BCUT2D eigenvalue weighted by Gasteiger charge is -2.27. The largest absolute Gasteiger partial charge is 0.478 e. The Bertz CT molecular complexity index is 516. The number of anilines is 1. The molecule has 21 heavy (non-hydrogen) atoms. The number of carboxylic acids is 1. The van der Waals surface area contributed by atoms with E-state index in [2.05, 4.69) is 0 Å². The number of rotatable bonds is 8. The molecule has 1 N–H and O–H groups in total. The van der Waals surface area contributed by atoms with Crippen LogP contribution >= 0.6 is 0 Å². The predicted molar refractivity (Wildman–Crippen MR) is 79.0 cm³/mol. The standard InChI is InChI=1S/C14H20N2O5/c1-10(2)9-15(6-7-21-3)13-5-4-11(16(19)20)8-12(13)14(17)18/h4-5,8,10H,6-7,9H2,1-3H3,(H,17,18). The summed E-state index contributed by atoms with van der Waals surface area (Å²) < 4.78 is 5.04. The zero-order chi connectivity index (χ0) is 16.0. The molecular formula is C14H20N2O5. The van der Waals surface area contributed by atoms with Gasteiger partial charge in [0.15, 0.2) is 0 Å². The average molecular weight is 296 g/mol. The van der Waals surface area contributed by atoms with E-state index in [0.717, 1.165) is 6.07 Å². The number of carboxylic acid groups (broad SMARTS) is 1. The Kier molecular flexibility index (Phi) is 6.10. The molecule has 0 radical (unpaired) electrons. The Morgan fingerprint density at radius 2 is 2.14 bits per heavy atom. The number of hydrogen-bond acceptors (Lipinski definition) is 5. The summed E-state index contributed by atoms with van der Waals surface area (Å²) in [4.78, 5) is 23.4. The third-order valence-electron chi connectivity index (χ3n) is 2.91. The average Bonchev–Trinajstić information content (AvgIpc) is 2.42. The van der Waals surface area contributed by atoms with Gasteiger partial charge >= 0.3 is 5.97 Å². The molecule has 0 unspecified atom stereocenters. The fourth-order valence-electron chi connectivity index (χ4n) is 2.04. The van der Waals surface area contributed by atoms with Crippen LogP contribution in [0.25, 0.3) is 0 Å². The van der Waals surface area contributed by atoms with Crippen molar-refractivity contribution in [3.63, 3.8) is 0 Å². The smallest absolute Gasteiger partial charge is 0.338 e. The summed E-state index contributed by atoms with van der Waals surface area (Å²) in [6.45, 7) is 5.65. The number of nitro benzene ring substituents is 1. The van der Waals surface area contributed by atoms with Gasteiger partial charge in [-0.1, -0.05) is 13.8 Å². The van der Waals surface area contributed by atoms with Gasteiger partial charge in [0.2, 0.25) is 0 Å². The molecule has 0 spiro atoms. The van der Waals surface area contributed by atoms with Gasteiger partial charge in [0.25, 0.3) is 5.69 Å². The van der Waals surface area contributed by atoms with Gasteiger partial charge in [-0.3, -0.25) is 10.1 Å². The van der Waals surface area contributed by atoms with Crippen LogP contribution in [-0.4, -0.2) is 42.8 Å². The molecular weight excluding hydrogens is 276 g/mol. The number of benzene rings is 1. The minimum atomic E-state index is -1.18. The van der Waals surface area contributed by atoms with Crippen LogP contribution in [0.15, 0.2) is 18.2 Å². The van der Waals surface area contributed by atoms with E-state index in [1.165, 1.54) is 12.1 Å². The molecule has 1 aromatic rings. The van der Waals surface area contributed by atoms with Crippen molar-refractivity contribution in [2.24, 2.45) is 5.92 Å². The fraction of sp³-hybridized carbons (Fsp3) is 0.500. The molecule has 7 nitrogen and oxygen atoms in total. The lowest BCUT2D eigenvalue weighted by Crippen LogP contribution is -2.32. The molecule has 0 aromatic heterocycles. The number of carbonyl (C=O) groups is 1. The molecule has 7 heteroatoms. The molecule has 0 saturated heterocycles. The highest BCUT2D eigenvalue weighted by Gasteiger charge is 2.20. The number of ether oxygens (including phenoxy) is 1. The molecule has 0 aliphatic rings. The number of methoxy groups -OCH3 is 1. The first kappa shape index (κ1) is 16.9. The summed E-state index contributed by atoms with van der Waals surface area (Å²) in [6, 6.07) is 3.90. The summed E-state index contributed by atoms with van der Waals surface area (Å²) >= 11 is 0. The van der Waals surface area contributed by atoms with E-state index >= 15 is 0 Å². The van der Waals surface area contributed by atoms with Gasteiger partial charge in [0, 0.05) is 32.3 Å². The van der Waals surface area contributed by atoms with Crippen molar-refractivity contribution in [1.29, 1.82) is 0 Å². The lowest BCUT2D eigenvalue weighted by molar-refractivity contribution is -0.384. The van der Waals surface area contributed by atoms with Crippen molar-refractivity contribution in [3.05, 3.63) is 33.9 Å². The molecule has 0 aliphatic heterocycles. The topological polar surface area (TPSA) is 92.9 Å². The van der Waals surface area contributed by atoms with Gasteiger partial charge in [-0.15, -0.1) is 0 Å². The third-order valence-corrected chi connectivity index (χ3v) is 2.91. The van der Waals surface area contributed by atoms with Gasteiger partial charge < -0.3 is 14.7 Å². The van der Waals surface area contributed by atoms with Gasteiger partial charge in [-0.05, 0) is 12.0 Å². The number of aromatic carboxylic acids is 1. The normalized spacial score (nSPS) is 10.7. The van der Waals surface area contributed by atoms with E-state index in [0.29, 0.717) is 31.3 Å². The lowest BCUT2D eigenvalue weighted by atomic mass is 10.1. The summed E-state index contributed by atoms with van der Waals surface area (Å²) in [6.07, 6.45) is 0. The second kappa shape index (κ2) is 7.58. The highest BCUT2D eigenvalue weighted by atomic mass is 16.6. The second-order valence-electron chi connectivity index (χ2n) is 5.10.